The standard InChI is InChI=1S/C11H9NO3S2/c13-16-6-5-15-12-11(16)10-7-8-3-1-2-4-9(8)17(10)14/h1-4,7H,5-6H2. The first-order valence-electron chi connectivity index (χ1n) is 5.08. The van der Waals surface area contributed by atoms with Gasteiger partial charge in [-0.25, -0.2) is 4.21 Å². The topological polar surface area (TPSA) is 55.7 Å². The van der Waals surface area contributed by atoms with Crippen molar-refractivity contribution in [2.75, 3.05) is 12.4 Å². The maximum atomic E-state index is 12.2. The van der Waals surface area contributed by atoms with Crippen LogP contribution < -0.4 is 0 Å². The summed E-state index contributed by atoms with van der Waals surface area (Å²) < 4.78 is 24.0. The molecule has 0 N–H and O–H groups in total. The van der Waals surface area contributed by atoms with Gasteiger partial charge in [0, 0.05) is 0 Å². The lowest BCUT2D eigenvalue weighted by Crippen LogP contribution is -2.22. The van der Waals surface area contributed by atoms with Crippen molar-refractivity contribution in [1.29, 1.82) is 0 Å². The summed E-state index contributed by atoms with van der Waals surface area (Å²) in [4.78, 5) is 6.18. The van der Waals surface area contributed by atoms with Crippen molar-refractivity contribution in [2.45, 2.75) is 4.90 Å². The Kier molecular flexibility index (Phi) is 2.68. The molecule has 0 aromatic heterocycles. The minimum Gasteiger partial charge on any atom is -0.394 e. The number of benzene rings is 1. The number of nitrogens with zero attached hydrogens (tertiary/aromatic N) is 1. The van der Waals surface area contributed by atoms with Crippen molar-refractivity contribution in [1.82, 2.24) is 0 Å². The van der Waals surface area contributed by atoms with Crippen LogP contribution in [0.4, 0.5) is 0 Å². The first-order valence-corrected chi connectivity index (χ1v) is 7.55. The molecule has 0 aliphatic carbocycles. The summed E-state index contributed by atoms with van der Waals surface area (Å²) in [6, 6.07) is 7.41. The number of hydrogen-bond donors (Lipinski definition) is 0. The normalized spacial score (nSPS) is 26.8. The summed E-state index contributed by atoms with van der Waals surface area (Å²) in [5, 5.41) is 4.09. The van der Waals surface area contributed by atoms with Crippen LogP contribution in [0, 0.1) is 0 Å². The van der Waals surface area contributed by atoms with E-state index in [0.717, 1.165) is 10.5 Å². The zero-order chi connectivity index (χ0) is 11.8. The molecular weight excluding hydrogens is 258 g/mol. The number of hydrogen-bond acceptors (Lipinski definition) is 4. The van der Waals surface area contributed by atoms with E-state index in [0.29, 0.717) is 22.3 Å². The number of oxime groups is 1. The zero-order valence-corrected chi connectivity index (χ0v) is 10.4. The molecular formula is C11H9NO3S2. The fourth-order valence-corrected chi connectivity index (χ4v) is 4.29. The minimum absolute atomic E-state index is 0.311. The molecule has 0 bridgehead atoms. The third kappa shape index (κ3) is 1.77. The monoisotopic (exact) mass is 267 g/mol. The van der Waals surface area contributed by atoms with Crippen LogP contribution in [0.1, 0.15) is 5.56 Å². The van der Waals surface area contributed by atoms with Crippen LogP contribution in [0.2, 0.25) is 0 Å². The lowest BCUT2D eigenvalue weighted by atomic mass is 10.2. The molecule has 3 rings (SSSR count). The van der Waals surface area contributed by atoms with Gasteiger partial charge in [0.05, 0.1) is 37.2 Å². The van der Waals surface area contributed by atoms with Crippen molar-refractivity contribution in [3.8, 4) is 0 Å². The highest BCUT2D eigenvalue weighted by atomic mass is 32.2. The van der Waals surface area contributed by atoms with E-state index in [1.165, 1.54) is 0 Å². The molecule has 88 valence electrons. The van der Waals surface area contributed by atoms with Gasteiger partial charge in [0.25, 0.3) is 0 Å². The highest BCUT2D eigenvalue weighted by Gasteiger charge is 2.29. The van der Waals surface area contributed by atoms with Gasteiger partial charge in [0.1, 0.15) is 6.61 Å². The van der Waals surface area contributed by atoms with Gasteiger partial charge in [-0.2, -0.15) is 0 Å². The Morgan fingerprint density at radius 2 is 2.06 bits per heavy atom. The molecule has 1 aromatic rings. The molecule has 0 amide bonds. The molecule has 0 saturated carbocycles. The van der Waals surface area contributed by atoms with Crippen LogP contribution in [0.3, 0.4) is 0 Å². The van der Waals surface area contributed by atoms with E-state index in [4.69, 9.17) is 4.84 Å². The predicted molar refractivity (Wildman–Crippen MR) is 67.2 cm³/mol. The molecule has 0 fully saturated rings. The second-order valence-electron chi connectivity index (χ2n) is 3.59. The molecule has 2 unspecified atom stereocenters. The van der Waals surface area contributed by atoms with Gasteiger partial charge in [0.2, 0.25) is 0 Å². The van der Waals surface area contributed by atoms with E-state index in [1.807, 2.05) is 24.3 Å². The predicted octanol–water partition coefficient (Wildman–Crippen LogP) is 1.24. The lowest BCUT2D eigenvalue weighted by Gasteiger charge is -2.11. The summed E-state index contributed by atoms with van der Waals surface area (Å²) >= 11 is 0. The van der Waals surface area contributed by atoms with Crippen LogP contribution in [0.25, 0.3) is 6.08 Å². The van der Waals surface area contributed by atoms with Crippen LogP contribution >= 0.6 is 0 Å². The molecule has 17 heavy (non-hydrogen) atoms. The molecule has 6 heteroatoms. The smallest absolute Gasteiger partial charge is 0.183 e. The first-order chi connectivity index (χ1) is 8.27. The Labute approximate surface area is 103 Å². The SMILES string of the molecule is O=S1CCON=C1C1=Cc2ccccc2S1=O. The third-order valence-corrected chi connectivity index (χ3v) is 5.41. The molecule has 1 aromatic carbocycles. The quantitative estimate of drug-likeness (QED) is 0.769. The minimum atomic E-state index is -1.30. The zero-order valence-electron chi connectivity index (χ0n) is 8.79. The van der Waals surface area contributed by atoms with E-state index in [1.54, 1.807) is 6.08 Å². The van der Waals surface area contributed by atoms with E-state index in [-0.39, 0.29) is 0 Å². The fraction of sp³-hybridized carbons (Fsp3) is 0.182. The van der Waals surface area contributed by atoms with Gasteiger partial charge in [-0.3, -0.25) is 4.21 Å². The largest absolute Gasteiger partial charge is 0.394 e. The van der Waals surface area contributed by atoms with Gasteiger partial charge in [0.15, 0.2) is 5.04 Å². The average Bonchev–Trinajstić information content (AvgIpc) is 2.68. The van der Waals surface area contributed by atoms with Crippen molar-refractivity contribution < 1.29 is 13.3 Å². The maximum absolute atomic E-state index is 12.2. The lowest BCUT2D eigenvalue weighted by molar-refractivity contribution is 0.159. The van der Waals surface area contributed by atoms with E-state index >= 15 is 0 Å². The molecule has 0 saturated heterocycles. The summed E-state index contributed by atoms with van der Waals surface area (Å²) in [6.07, 6.45) is 1.77. The number of fused-ring (bicyclic) bond motifs is 1. The second-order valence-corrected chi connectivity index (χ2v) is 6.50. The Morgan fingerprint density at radius 1 is 1.24 bits per heavy atom. The van der Waals surface area contributed by atoms with Crippen LogP contribution in [-0.4, -0.2) is 25.8 Å². The fourth-order valence-electron chi connectivity index (χ4n) is 1.74. The molecule has 2 aliphatic heterocycles. The molecule has 2 aliphatic rings. The highest BCUT2D eigenvalue weighted by molar-refractivity contribution is 8.05. The Bertz CT molecular complexity index is 592. The van der Waals surface area contributed by atoms with Crippen molar-refractivity contribution in [3.05, 3.63) is 34.7 Å². The molecule has 2 heterocycles. The van der Waals surface area contributed by atoms with Gasteiger partial charge >= 0.3 is 0 Å². The highest BCUT2D eigenvalue weighted by Crippen LogP contribution is 2.31. The average molecular weight is 267 g/mol. The van der Waals surface area contributed by atoms with Gasteiger partial charge in [-0.15, -0.1) is 0 Å². The molecule has 4 nitrogen and oxygen atoms in total. The summed E-state index contributed by atoms with van der Waals surface area (Å²) in [7, 11) is -2.51. The van der Waals surface area contributed by atoms with Crippen molar-refractivity contribution in [3.63, 3.8) is 0 Å². The van der Waals surface area contributed by atoms with Crippen LogP contribution in [0.5, 0.6) is 0 Å². The molecule has 0 radical (unpaired) electrons. The number of rotatable bonds is 1. The molecule has 0 spiro atoms. The van der Waals surface area contributed by atoms with Gasteiger partial charge in [-0.1, -0.05) is 23.4 Å². The van der Waals surface area contributed by atoms with Gasteiger partial charge < -0.3 is 4.84 Å². The molecule has 2 atom stereocenters. The maximum Gasteiger partial charge on any atom is 0.183 e. The summed E-state index contributed by atoms with van der Waals surface area (Å²) in [6.45, 7) is 0.350. The van der Waals surface area contributed by atoms with Crippen molar-refractivity contribution in [2.24, 2.45) is 5.16 Å². The Hall–Kier alpha value is -1.27. The van der Waals surface area contributed by atoms with Gasteiger partial charge in [-0.05, 0) is 17.7 Å². The van der Waals surface area contributed by atoms with E-state index < -0.39 is 21.6 Å². The summed E-state index contributed by atoms with van der Waals surface area (Å²) in [5.41, 5.74) is 0.895. The van der Waals surface area contributed by atoms with E-state index in [9.17, 15) is 8.42 Å². The van der Waals surface area contributed by atoms with Crippen LogP contribution in [-0.2, 0) is 26.4 Å². The Balaban J connectivity index is 2.06. The second kappa shape index (κ2) is 4.19. The first kappa shape index (κ1) is 10.9. The Morgan fingerprint density at radius 3 is 2.82 bits per heavy atom. The third-order valence-electron chi connectivity index (χ3n) is 2.54. The van der Waals surface area contributed by atoms with Crippen molar-refractivity contribution >= 4 is 32.7 Å². The van der Waals surface area contributed by atoms with Crippen LogP contribution in [0.15, 0.2) is 39.2 Å². The van der Waals surface area contributed by atoms with E-state index in [2.05, 4.69) is 5.16 Å². The summed E-state index contributed by atoms with van der Waals surface area (Å²) in [5.74, 6) is 0.406.